The van der Waals surface area contributed by atoms with Crippen molar-refractivity contribution in [3.05, 3.63) is 52.5 Å². The van der Waals surface area contributed by atoms with E-state index in [0.717, 1.165) is 11.3 Å². The topological polar surface area (TPSA) is 52.5 Å². The third-order valence-electron chi connectivity index (χ3n) is 2.84. The predicted molar refractivity (Wildman–Crippen MR) is 73.3 cm³/mol. The highest BCUT2D eigenvalue weighted by Crippen LogP contribution is 2.29. The Bertz CT molecular complexity index is 518. The van der Waals surface area contributed by atoms with Crippen LogP contribution in [0.25, 0.3) is 0 Å². The number of halogens is 1. The van der Waals surface area contributed by atoms with Gasteiger partial charge < -0.3 is 15.5 Å². The van der Waals surface area contributed by atoms with Gasteiger partial charge in [-0.05, 0) is 30.7 Å². The van der Waals surface area contributed by atoms with Crippen molar-refractivity contribution >= 4 is 17.3 Å². The predicted octanol–water partition coefficient (Wildman–Crippen LogP) is 3.67. The number of benzene rings is 2. The van der Waals surface area contributed by atoms with E-state index in [9.17, 15) is 10.2 Å². The summed E-state index contributed by atoms with van der Waals surface area (Å²) in [6.45, 7) is 2.34. The minimum atomic E-state index is -0.114. The molecule has 0 aromatic heterocycles. The molecular formula is C14H14ClNO2. The Kier molecular flexibility index (Phi) is 3.63. The number of nitrogens with one attached hydrogen (secondary N) is 1. The van der Waals surface area contributed by atoms with Crippen LogP contribution in [0.5, 0.6) is 11.5 Å². The van der Waals surface area contributed by atoms with Crippen molar-refractivity contribution in [2.75, 3.05) is 5.32 Å². The van der Waals surface area contributed by atoms with Gasteiger partial charge in [0.1, 0.15) is 0 Å². The average molecular weight is 264 g/mol. The van der Waals surface area contributed by atoms with Gasteiger partial charge in [0.15, 0.2) is 11.5 Å². The summed E-state index contributed by atoms with van der Waals surface area (Å²) in [4.78, 5) is 0. The molecule has 0 unspecified atom stereocenters. The Morgan fingerprint density at radius 3 is 2.61 bits per heavy atom. The first-order valence-electron chi connectivity index (χ1n) is 5.58. The second kappa shape index (κ2) is 5.19. The van der Waals surface area contributed by atoms with Crippen LogP contribution in [0.2, 0.25) is 5.02 Å². The zero-order valence-electron chi connectivity index (χ0n) is 9.94. The molecule has 4 heteroatoms. The number of hydrogen-bond donors (Lipinski definition) is 3. The molecule has 2 aromatic rings. The molecule has 0 aliphatic carbocycles. The smallest absolute Gasteiger partial charge is 0.162 e. The van der Waals surface area contributed by atoms with Crippen molar-refractivity contribution in [3.63, 3.8) is 0 Å². The minimum Gasteiger partial charge on any atom is -0.504 e. The molecule has 0 bridgehead atoms. The maximum absolute atomic E-state index is 9.68. The molecule has 0 amide bonds. The molecule has 0 fully saturated rings. The molecule has 18 heavy (non-hydrogen) atoms. The SMILES string of the molecule is Cc1c(Cl)cccc1NCc1cccc(O)c1O. The second-order valence-electron chi connectivity index (χ2n) is 4.05. The lowest BCUT2D eigenvalue weighted by molar-refractivity contribution is 0.400. The van der Waals surface area contributed by atoms with E-state index in [4.69, 9.17) is 11.6 Å². The van der Waals surface area contributed by atoms with Gasteiger partial charge in [-0.1, -0.05) is 29.8 Å². The summed E-state index contributed by atoms with van der Waals surface area (Å²) in [5.41, 5.74) is 2.50. The van der Waals surface area contributed by atoms with Gasteiger partial charge in [-0.3, -0.25) is 0 Å². The molecule has 0 spiro atoms. The first-order valence-corrected chi connectivity index (χ1v) is 5.96. The standard InChI is InChI=1S/C14H14ClNO2/c1-9-11(15)5-3-6-12(9)16-8-10-4-2-7-13(17)14(10)18/h2-7,16-18H,8H2,1H3. The summed E-state index contributed by atoms with van der Waals surface area (Å²) < 4.78 is 0. The summed E-state index contributed by atoms with van der Waals surface area (Å²) in [6.07, 6.45) is 0. The highest BCUT2D eigenvalue weighted by Gasteiger charge is 2.06. The number of para-hydroxylation sites is 1. The van der Waals surface area contributed by atoms with E-state index in [-0.39, 0.29) is 11.5 Å². The number of aromatic hydroxyl groups is 2. The van der Waals surface area contributed by atoms with Crippen molar-refractivity contribution in [2.45, 2.75) is 13.5 Å². The Labute approximate surface area is 111 Å². The maximum atomic E-state index is 9.68. The quantitative estimate of drug-likeness (QED) is 0.741. The van der Waals surface area contributed by atoms with E-state index in [2.05, 4.69) is 5.32 Å². The van der Waals surface area contributed by atoms with Crippen LogP contribution in [-0.4, -0.2) is 10.2 Å². The molecule has 3 nitrogen and oxygen atoms in total. The van der Waals surface area contributed by atoms with Crippen LogP contribution < -0.4 is 5.32 Å². The zero-order chi connectivity index (χ0) is 13.1. The molecule has 0 aliphatic heterocycles. The third-order valence-corrected chi connectivity index (χ3v) is 3.24. The zero-order valence-corrected chi connectivity index (χ0v) is 10.7. The molecule has 0 saturated heterocycles. The highest BCUT2D eigenvalue weighted by molar-refractivity contribution is 6.31. The van der Waals surface area contributed by atoms with Crippen LogP contribution in [0, 0.1) is 6.92 Å². The van der Waals surface area contributed by atoms with Gasteiger partial charge in [0.2, 0.25) is 0 Å². The van der Waals surface area contributed by atoms with Crippen LogP contribution in [0.15, 0.2) is 36.4 Å². The molecule has 2 rings (SSSR count). The molecule has 0 radical (unpaired) electrons. The fourth-order valence-corrected chi connectivity index (χ4v) is 1.88. The van der Waals surface area contributed by atoms with Crippen molar-refractivity contribution in [3.8, 4) is 11.5 Å². The molecular weight excluding hydrogens is 250 g/mol. The van der Waals surface area contributed by atoms with Gasteiger partial charge in [0.25, 0.3) is 0 Å². The van der Waals surface area contributed by atoms with Gasteiger partial charge >= 0.3 is 0 Å². The fourth-order valence-electron chi connectivity index (χ4n) is 1.71. The van der Waals surface area contributed by atoms with Gasteiger partial charge in [0, 0.05) is 22.8 Å². The minimum absolute atomic E-state index is 0.0929. The normalized spacial score (nSPS) is 10.3. The van der Waals surface area contributed by atoms with Gasteiger partial charge in [-0.2, -0.15) is 0 Å². The lowest BCUT2D eigenvalue weighted by atomic mass is 10.1. The van der Waals surface area contributed by atoms with Gasteiger partial charge in [-0.25, -0.2) is 0 Å². The number of phenols is 2. The summed E-state index contributed by atoms with van der Waals surface area (Å²) in [5, 5.41) is 23.0. The number of hydrogen-bond acceptors (Lipinski definition) is 3. The first kappa shape index (κ1) is 12.6. The van der Waals surface area contributed by atoms with Crippen molar-refractivity contribution < 1.29 is 10.2 Å². The molecule has 0 heterocycles. The highest BCUT2D eigenvalue weighted by atomic mass is 35.5. The molecule has 3 N–H and O–H groups in total. The van der Waals surface area contributed by atoms with Crippen molar-refractivity contribution in [2.24, 2.45) is 0 Å². The van der Waals surface area contributed by atoms with E-state index in [1.165, 1.54) is 6.07 Å². The van der Waals surface area contributed by atoms with E-state index < -0.39 is 0 Å². The van der Waals surface area contributed by atoms with Crippen LogP contribution in [0.3, 0.4) is 0 Å². The van der Waals surface area contributed by atoms with E-state index in [0.29, 0.717) is 17.1 Å². The molecule has 0 atom stereocenters. The van der Waals surface area contributed by atoms with Crippen LogP contribution >= 0.6 is 11.6 Å². The number of rotatable bonds is 3. The van der Waals surface area contributed by atoms with Gasteiger partial charge in [0.05, 0.1) is 0 Å². The molecule has 0 aliphatic rings. The third kappa shape index (κ3) is 2.51. The summed E-state index contributed by atoms with van der Waals surface area (Å²) in [7, 11) is 0. The molecule has 94 valence electrons. The monoisotopic (exact) mass is 263 g/mol. The Balaban J connectivity index is 2.17. The Hall–Kier alpha value is -1.87. The summed E-state index contributed by atoms with van der Waals surface area (Å²) >= 11 is 6.02. The molecule has 2 aromatic carbocycles. The lowest BCUT2D eigenvalue weighted by Crippen LogP contribution is -2.01. The molecule has 0 saturated carbocycles. The maximum Gasteiger partial charge on any atom is 0.162 e. The van der Waals surface area contributed by atoms with Crippen LogP contribution in [0.1, 0.15) is 11.1 Å². The fraction of sp³-hybridized carbons (Fsp3) is 0.143. The summed E-state index contributed by atoms with van der Waals surface area (Å²) in [6, 6.07) is 10.5. The van der Waals surface area contributed by atoms with Gasteiger partial charge in [-0.15, -0.1) is 0 Å². The van der Waals surface area contributed by atoms with E-state index in [1.807, 2.05) is 25.1 Å². The Morgan fingerprint density at radius 1 is 1.11 bits per heavy atom. The number of phenolic OH excluding ortho intramolecular Hbond substituents is 2. The lowest BCUT2D eigenvalue weighted by Gasteiger charge is -2.12. The van der Waals surface area contributed by atoms with Crippen LogP contribution in [-0.2, 0) is 6.54 Å². The average Bonchev–Trinajstić information content (AvgIpc) is 2.36. The first-order chi connectivity index (χ1) is 8.59. The largest absolute Gasteiger partial charge is 0.504 e. The number of anilines is 1. The summed E-state index contributed by atoms with van der Waals surface area (Å²) in [5.74, 6) is -0.207. The van der Waals surface area contributed by atoms with Crippen molar-refractivity contribution in [1.29, 1.82) is 0 Å². The Morgan fingerprint density at radius 2 is 1.83 bits per heavy atom. The second-order valence-corrected chi connectivity index (χ2v) is 4.46. The van der Waals surface area contributed by atoms with E-state index >= 15 is 0 Å². The van der Waals surface area contributed by atoms with Crippen LogP contribution in [0.4, 0.5) is 5.69 Å². The van der Waals surface area contributed by atoms with E-state index in [1.54, 1.807) is 12.1 Å². The van der Waals surface area contributed by atoms with Crippen molar-refractivity contribution in [1.82, 2.24) is 0 Å².